The van der Waals surface area contributed by atoms with Gasteiger partial charge in [-0.15, -0.1) is 0 Å². The van der Waals surface area contributed by atoms with Gasteiger partial charge in [0.1, 0.15) is 5.75 Å². The summed E-state index contributed by atoms with van der Waals surface area (Å²) in [5, 5.41) is 0. The zero-order valence-electron chi connectivity index (χ0n) is 13.4. The largest absolute Gasteiger partial charge is 0.497 e. The molecule has 2 aliphatic rings. The highest BCUT2D eigenvalue weighted by molar-refractivity contribution is 5.27. The van der Waals surface area contributed by atoms with E-state index in [1.165, 1.54) is 0 Å². The first-order valence-corrected chi connectivity index (χ1v) is 7.78. The van der Waals surface area contributed by atoms with E-state index in [9.17, 15) is 0 Å². The Labute approximate surface area is 131 Å². The summed E-state index contributed by atoms with van der Waals surface area (Å²) in [6.45, 7) is 5.20. The van der Waals surface area contributed by atoms with E-state index in [1.807, 2.05) is 38.1 Å². The molecule has 5 heteroatoms. The molecule has 2 aliphatic heterocycles. The van der Waals surface area contributed by atoms with Gasteiger partial charge < -0.3 is 23.7 Å². The van der Waals surface area contributed by atoms with Crippen LogP contribution in [0.4, 0.5) is 0 Å². The predicted octanol–water partition coefficient (Wildman–Crippen LogP) is 3.04. The molecule has 0 bridgehead atoms. The molecule has 1 aromatic rings. The van der Waals surface area contributed by atoms with Crippen molar-refractivity contribution in [3.63, 3.8) is 0 Å². The minimum absolute atomic E-state index is 0.0922. The molecular weight excluding hydrogens is 284 g/mol. The van der Waals surface area contributed by atoms with Gasteiger partial charge >= 0.3 is 0 Å². The highest BCUT2D eigenvalue weighted by atomic mass is 16.7. The fourth-order valence-corrected chi connectivity index (χ4v) is 2.87. The minimum Gasteiger partial charge on any atom is -0.497 e. The quantitative estimate of drug-likeness (QED) is 0.855. The van der Waals surface area contributed by atoms with Crippen molar-refractivity contribution in [2.24, 2.45) is 0 Å². The van der Waals surface area contributed by atoms with Gasteiger partial charge in [-0.2, -0.15) is 0 Å². The first-order chi connectivity index (χ1) is 10.6. The molecule has 5 nitrogen and oxygen atoms in total. The monoisotopic (exact) mass is 308 g/mol. The van der Waals surface area contributed by atoms with Crippen molar-refractivity contribution >= 4 is 0 Å². The van der Waals surface area contributed by atoms with Crippen LogP contribution in [0.3, 0.4) is 0 Å². The van der Waals surface area contributed by atoms with Crippen LogP contribution in [-0.4, -0.2) is 38.3 Å². The summed E-state index contributed by atoms with van der Waals surface area (Å²) in [5.41, 5.74) is 1.01. The molecule has 1 unspecified atom stereocenters. The van der Waals surface area contributed by atoms with Gasteiger partial charge in [0.2, 0.25) is 0 Å². The molecule has 0 aliphatic carbocycles. The second-order valence-electron chi connectivity index (χ2n) is 6.21. The van der Waals surface area contributed by atoms with Gasteiger partial charge in [-0.3, -0.25) is 0 Å². The summed E-state index contributed by atoms with van der Waals surface area (Å²) in [4.78, 5) is 0. The molecule has 0 N–H and O–H groups in total. The lowest BCUT2D eigenvalue weighted by Gasteiger charge is -2.31. The zero-order chi connectivity index (χ0) is 15.6. The standard InChI is InChI=1S/C17H24O5/c1-17(2)20-11-15(22-17)10-14-8-9-19-16(21-14)12-4-6-13(18-3)7-5-12/h4-7,14-16H,8-11H2,1-3H3/t14-,15-,16?/m0/s1. The fraction of sp³-hybridized carbons (Fsp3) is 0.647. The summed E-state index contributed by atoms with van der Waals surface area (Å²) < 4.78 is 28.5. The number of rotatable bonds is 4. The van der Waals surface area contributed by atoms with Crippen molar-refractivity contribution in [1.29, 1.82) is 0 Å². The third-order valence-corrected chi connectivity index (χ3v) is 4.01. The van der Waals surface area contributed by atoms with E-state index in [0.29, 0.717) is 13.2 Å². The van der Waals surface area contributed by atoms with Crippen molar-refractivity contribution in [2.75, 3.05) is 20.3 Å². The molecule has 22 heavy (non-hydrogen) atoms. The molecular formula is C17H24O5. The Kier molecular flexibility index (Phi) is 4.68. The van der Waals surface area contributed by atoms with Gasteiger partial charge in [0.05, 0.1) is 32.5 Å². The van der Waals surface area contributed by atoms with Crippen molar-refractivity contribution in [3.05, 3.63) is 29.8 Å². The van der Waals surface area contributed by atoms with Crippen LogP contribution in [0.15, 0.2) is 24.3 Å². The molecule has 122 valence electrons. The smallest absolute Gasteiger partial charge is 0.184 e. The van der Waals surface area contributed by atoms with Gasteiger partial charge in [-0.25, -0.2) is 0 Å². The van der Waals surface area contributed by atoms with Gasteiger partial charge in [0.15, 0.2) is 12.1 Å². The lowest BCUT2D eigenvalue weighted by Crippen LogP contribution is -2.31. The normalized spacial score (nSPS) is 31.1. The van der Waals surface area contributed by atoms with Crippen LogP contribution in [0.2, 0.25) is 0 Å². The predicted molar refractivity (Wildman–Crippen MR) is 80.7 cm³/mol. The van der Waals surface area contributed by atoms with E-state index in [4.69, 9.17) is 23.7 Å². The lowest BCUT2D eigenvalue weighted by atomic mass is 10.1. The Hall–Kier alpha value is -1.14. The lowest BCUT2D eigenvalue weighted by molar-refractivity contribution is -0.224. The molecule has 0 amide bonds. The van der Waals surface area contributed by atoms with Crippen molar-refractivity contribution in [3.8, 4) is 5.75 Å². The molecule has 3 atom stereocenters. The Morgan fingerprint density at radius 1 is 1.18 bits per heavy atom. The van der Waals surface area contributed by atoms with Crippen LogP contribution >= 0.6 is 0 Å². The second kappa shape index (κ2) is 6.54. The average molecular weight is 308 g/mol. The van der Waals surface area contributed by atoms with Crippen LogP contribution in [0.25, 0.3) is 0 Å². The summed E-state index contributed by atoms with van der Waals surface area (Å²) in [6, 6.07) is 7.79. The SMILES string of the molecule is COc1ccc(C2OCC[C@@H](C[C@H]3COC(C)(C)O3)O2)cc1. The fourth-order valence-electron chi connectivity index (χ4n) is 2.87. The number of benzene rings is 1. The minimum atomic E-state index is -0.481. The molecule has 0 radical (unpaired) electrons. The molecule has 3 rings (SSSR count). The number of hydrogen-bond donors (Lipinski definition) is 0. The van der Waals surface area contributed by atoms with Crippen molar-refractivity contribution in [2.45, 2.75) is 51.0 Å². The topological polar surface area (TPSA) is 46.2 Å². The van der Waals surface area contributed by atoms with Crippen LogP contribution in [0.1, 0.15) is 38.5 Å². The van der Waals surface area contributed by atoms with Crippen molar-refractivity contribution in [1.82, 2.24) is 0 Å². The van der Waals surface area contributed by atoms with E-state index >= 15 is 0 Å². The third kappa shape index (κ3) is 3.79. The molecule has 2 heterocycles. The molecule has 1 aromatic carbocycles. The molecule has 2 fully saturated rings. The van der Waals surface area contributed by atoms with Crippen LogP contribution in [0.5, 0.6) is 5.75 Å². The number of methoxy groups -OCH3 is 1. The summed E-state index contributed by atoms with van der Waals surface area (Å²) in [5.74, 6) is 0.348. The molecule has 0 spiro atoms. The molecule has 0 saturated carbocycles. The van der Waals surface area contributed by atoms with Crippen LogP contribution in [-0.2, 0) is 18.9 Å². The maximum atomic E-state index is 6.08. The van der Waals surface area contributed by atoms with Crippen molar-refractivity contribution < 1.29 is 23.7 Å². The first-order valence-electron chi connectivity index (χ1n) is 7.78. The first kappa shape index (κ1) is 15.7. The average Bonchev–Trinajstić information content (AvgIpc) is 2.86. The van der Waals surface area contributed by atoms with E-state index in [0.717, 1.165) is 24.2 Å². The van der Waals surface area contributed by atoms with Crippen LogP contribution < -0.4 is 4.74 Å². The maximum absolute atomic E-state index is 6.08. The highest BCUT2D eigenvalue weighted by Crippen LogP contribution is 2.32. The van der Waals surface area contributed by atoms with Gasteiger partial charge in [0.25, 0.3) is 0 Å². The number of hydrogen-bond acceptors (Lipinski definition) is 5. The van der Waals surface area contributed by atoms with Crippen LogP contribution in [0, 0.1) is 0 Å². The third-order valence-electron chi connectivity index (χ3n) is 4.01. The number of ether oxygens (including phenoxy) is 5. The zero-order valence-corrected chi connectivity index (χ0v) is 13.4. The van der Waals surface area contributed by atoms with E-state index < -0.39 is 5.79 Å². The molecule has 0 aromatic heterocycles. The Bertz CT molecular complexity index is 484. The second-order valence-corrected chi connectivity index (χ2v) is 6.21. The molecule has 2 saturated heterocycles. The van der Waals surface area contributed by atoms with E-state index in [2.05, 4.69) is 0 Å². The van der Waals surface area contributed by atoms with E-state index in [-0.39, 0.29) is 18.5 Å². The Morgan fingerprint density at radius 2 is 1.95 bits per heavy atom. The van der Waals surface area contributed by atoms with E-state index in [1.54, 1.807) is 7.11 Å². The van der Waals surface area contributed by atoms with Gasteiger partial charge in [-0.1, -0.05) is 12.1 Å². The summed E-state index contributed by atoms with van der Waals surface area (Å²) in [6.07, 6.45) is 1.62. The summed E-state index contributed by atoms with van der Waals surface area (Å²) >= 11 is 0. The maximum Gasteiger partial charge on any atom is 0.184 e. The van der Waals surface area contributed by atoms with Gasteiger partial charge in [0, 0.05) is 12.0 Å². The Balaban J connectivity index is 1.57. The Morgan fingerprint density at radius 3 is 2.59 bits per heavy atom. The van der Waals surface area contributed by atoms with Gasteiger partial charge in [-0.05, 0) is 32.4 Å². The highest BCUT2D eigenvalue weighted by Gasteiger charge is 2.35. The summed E-state index contributed by atoms with van der Waals surface area (Å²) in [7, 11) is 1.66.